The highest BCUT2D eigenvalue weighted by Crippen LogP contribution is 2.50. The molecule has 0 spiro atoms. The van der Waals surface area contributed by atoms with E-state index in [2.05, 4.69) is 100 Å². The molecule has 0 saturated heterocycles. The normalized spacial score (nSPS) is 14.5. The maximum Gasteiger partial charge on any atom is 0.143 e. The fourth-order valence-corrected chi connectivity index (χ4v) is 4.87. The maximum atomic E-state index is 5.14. The van der Waals surface area contributed by atoms with Crippen LogP contribution in [0.1, 0.15) is 75.6 Å². The third-order valence-corrected chi connectivity index (χ3v) is 6.75. The Kier molecular flexibility index (Phi) is 4.15. The Bertz CT molecular complexity index is 1280. The van der Waals surface area contributed by atoms with E-state index in [9.17, 15) is 0 Å². The highest BCUT2D eigenvalue weighted by Gasteiger charge is 2.36. The molecular formula is C27H28N2O. The van der Waals surface area contributed by atoms with Gasteiger partial charge in [0, 0.05) is 11.0 Å². The molecule has 1 aromatic heterocycles. The number of nitrogens with zero attached hydrogens (tertiary/aromatic N) is 2. The van der Waals surface area contributed by atoms with Crippen molar-refractivity contribution in [3.8, 4) is 22.3 Å². The molecule has 0 atom stereocenters. The van der Waals surface area contributed by atoms with Gasteiger partial charge in [-0.05, 0) is 67.2 Å². The molecule has 3 nitrogen and oxygen atoms in total. The first-order valence-electron chi connectivity index (χ1n) is 10.8. The summed E-state index contributed by atoms with van der Waals surface area (Å²) < 4.78 is 5.14. The van der Waals surface area contributed by atoms with Gasteiger partial charge in [-0.3, -0.25) is 0 Å². The minimum absolute atomic E-state index is 0.0371. The summed E-state index contributed by atoms with van der Waals surface area (Å²) in [5.74, 6) is 0.898. The van der Waals surface area contributed by atoms with E-state index in [1.807, 2.05) is 0 Å². The van der Waals surface area contributed by atoms with E-state index < -0.39 is 0 Å². The Labute approximate surface area is 178 Å². The van der Waals surface area contributed by atoms with Crippen LogP contribution in [0.5, 0.6) is 0 Å². The van der Waals surface area contributed by atoms with Crippen molar-refractivity contribution in [2.45, 2.75) is 58.8 Å². The predicted octanol–water partition coefficient (Wildman–Crippen LogP) is 7.44. The van der Waals surface area contributed by atoms with Gasteiger partial charge in [-0.15, -0.1) is 0 Å². The van der Waals surface area contributed by atoms with Crippen LogP contribution in [0.3, 0.4) is 0 Å². The highest BCUT2D eigenvalue weighted by molar-refractivity contribution is 5.94. The van der Waals surface area contributed by atoms with Crippen LogP contribution in [0.15, 0.2) is 53.2 Å². The number of fused-ring (bicyclic) bond motifs is 4. The second-order valence-corrected chi connectivity index (χ2v) is 9.66. The molecule has 0 saturated carbocycles. The molecule has 0 aliphatic heterocycles. The first-order chi connectivity index (χ1) is 14.3. The van der Waals surface area contributed by atoms with Gasteiger partial charge in [-0.1, -0.05) is 84.0 Å². The summed E-state index contributed by atoms with van der Waals surface area (Å²) in [7, 11) is 0. The van der Waals surface area contributed by atoms with Crippen molar-refractivity contribution < 1.29 is 4.63 Å². The lowest BCUT2D eigenvalue weighted by Gasteiger charge is -2.23. The summed E-state index contributed by atoms with van der Waals surface area (Å²) in [4.78, 5) is 0. The molecule has 3 heteroatoms. The first kappa shape index (κ1) is 19.0. The SMILES string of the molecule is CC(C)c1ccc2c(c1)C(C)(C)c1cc(-c3ccc(C(C)C)c4nonc34)ccc1-2. The van der Waals surface area contributed by atoms with Crippen LogP contribution in [0.25, 0.3) is 33.3 Å². The Morgan fingerprint density at radius 1 is 0.700 bits per heavy atom. The van der Waals surface area contributed by atoms with Crippen LogP contribution in [0.2, 0.25) is 0 Å². The van der Waals surface area contributed by atoms with E-state index in [4.69, 9.17) is 4.63 Å². The van der Waals surface area contributed by atoms with Gasteiger partial charge in [0.1, 0.15) is 11.0 Å². The Hall–Kier alpha value is -2.94. The summed E-state index contributed by atoms with van der Waals surface area (Å²) >= 11 is 0. The van der Waals surface area contributed by atoms with Crippen molar-refractivity contribution in [3.63, 3.8) is 0 Å². The molecule has 1 aliphatic rings. The maximum absolute atomic E-state index is 5.14. The minimum atomic E-state index is -0.0371. The van der Waals surface area contributed by atoms with E-state index in [1.54, 1.807) is 0 Å². The molecule has 0 amide bonds. The second-order valence-electron chi connectivity index (χ2n) is 9.66. The zero-order valence-corrected chi connectivity index (χ0v) is 18.6. The third-order valence-electron chi connectivity index (χ3n) is 6.75. The first-order valence-corrected chi connectivity index (χ1v) is 10.8. The van der Waals surface area contributed by atoms with Crippen molar-refractivity contribution in [2.24, 2.45) is 0 Å². The second kappa shape index (κ2) is 6.53. The molecule has 1 aliphatic carbocycles. The lowest BCUT2D eigenvalue weighted by atomic mass is 9.80. The van der Waals surface area contributed by atoms with Gasteiger partial charge in [0.05, 0.1) is 0 Å². The average Bonchev–Trinajstić information content (AvgIpc) is 3.29. The smallest absolute Gasteiger partial charge is 0.143 e. The number of benzene rings is 3. The predicted molar refractivity (Wildman–Crippen MR) is 123 cm³/mol. The fourth-order valence-electron chi connectivity index (χ4n) is 4.87. The van der Waals surface area contributed by atoms with Gasteiger partial charge < -0.3 is 0 Å². The van der Waals surface area contributed by atoms with Crippen LogP contribution in [0.4, 0.5) is 0 Å². The molecule has 0 bridgehead atoms. The largest absolute Gasteiger partial charge is 0.243 e. The van der Waals surface area contributed by atoms with E-state index in [-0.39, 0.29) is 5.41 Å². The number of aromatic nitrogens is 2. The molecule has 0 radical (unpaired) electrons. The van der Waals surface area contributed by atoms with Gasteiger partial charge in [0.2, 0.25) is 0 Å². The highest BCUT2D eigenvalue weighted by atomic mass is 16.6. The molecule has 152 valence electrons. The van der Waals surface area contributed by atoms with Crippen molar-refractivity contribution in [1.82, 2.24) is 10.3 Å². The molecule has 1 heterocycles. The molecule has 30 heavy (non-hydrogen) atoms. The molecule has 0 fully saturated rings. The van der Waals surface area contributed by atoms with E-state index in [0.717, 1.165) is 22.2 Å². The van der Waals surface area contributed by atoms with Gasteiger partial charge in [0.25, 0.3) is 0 Å². The van der Waals surface area contributed by atoms with Gasteiger partial charge in [0.15, 0.2) is 0 Å². The van der Waals surface area contributed by atoms with Crippen LogP contribution < -0.4 is 0 Å². The Morgan fingerprint density at radius 2 is 1.33 bits per heavy atom. The number of hydrogen-bond acceptors (Lipinski definition) is 3. The summed E-state index contributed by atoms with van der Waals surface area (Å²) in [6.45, 7) is 13.5. The lowest BCUT2D eigenvalue weighted by Crippen LogP contribution is -2.15. The van der Waals surface area contributed by atoms with Crippen LogP contribution >= 0.6 is 0 Å². The Balaban J connectivity index is 1.68. The van der Waals surface area contributed by atoms with E-state index in [0.29, 0.717) is 11.8 Å². The van der Waals surface area contributed by atoms with E-state index in [1.165, 1.54) is 33.4 Å². The topological polar surface area (TPSA) is 38.9 Å². The van der Waals surface area contributed by atoms with Gasteiger partial charge >= 0.3 is 0 Å². The van der Waals surface area contributed by atoms with Crippen LogP contribution in [0, 0.1) is 0 Å². The molecule has 4 aromatic rings. The summed E-state index contributed by atoms with van der Waals surface area (Å²) in [6.07, 6.45) is 0. The zero-order valence-electron chi connectivity index (χ0n) is 18.6. The van der Waals surface area contributed by atoms with E-state index >= 15 is 0 Å². The van der Waals surface area contributed by atoms with Crippen LogP contribution in [-0.4, -0.2) is 10.3 Å². The number of rotatable bonds is 3. The third kappa shape index (κ3) is 2.64. The van der Waals surface area contributed by atoms with Gasteiger partial charge in [-0.2, -0.15) is 0 Å². The van der Waals surface area contributed by atoms with Crippen molar-refractivity contribution >= 4 is 11.0 Å². The Morgan fingerprint density at radius 3 is 2.03 bits per heavy atom. The lowest BCUT2D eigenvalue weighted by molar-refractivity contribution is 0.315. The monoisotopic (exact) mass is 396 g/mol. The van der Waals surface area contributed by atoms with Crippen molar-refractivity contribution in [3.05, 3.63) is 70.8 Å². The fraction of sp³-hybridized carbons (Fsp3) is 0.333. The van der Waals surface area contributed by atoms with Crippen molar-refractivity contribution in [1.29, 1.82) is 0 Å². The molecule has 5 rings (SSSR count). The summed E-state index contributed by atoms with van der Waals surface area (Å²) in [5.41, 5.74) is 12.0. The van der Waals surface area contributed by atoms with Crippen molar-refractivity contribution in [2.75, 3.05) is 0 Å². The summed E-state index contributed by atoms with van der Waals surface area (Å²) in [5, 5.41) is 8.45. The molecule has 3 aromatic carbocycles. The molecule has 0 N–H and O–H groups in total. The quantitative estimate of drug-likeness (QED) is 0.361. The summed E-state index contributed by atoms with van der Waals surface area (Å²) in [6, 6.07) is 18.1. The standard InChI is InChI=1S/C27H28N2O/c1-15(2)17-7-9-21-22-10-8-18(14-24(22)27(5,6)23(21)13-17)20-12-11-19(16(3)4)25-26(20)29-30-28-25/h7-16H,1-6H3. The molecular weight excluding hydrogens is 368 g/mol. The average molecular weight is 397 g/mol. The number of hydrogen-bond donors (Lipinski definition) is 0. The van der Waals surface area contributed by atoms with Gasteiger partial charge in [-0.25, -0.2) is 4.63 Å². The minimum Gasteiger partial charge on any atom is -0.243 e. The zero-order chi connectivity index (χ0) is 21.2. The van der Waals surface area contributed by atoms with Crippen LogP contribution in [-0.2, 0) is 5.41 Å². The molecule has 0 unspecified atom stereocenters.